The van der Waals surface area contributed by atoms with Crippen LogP contribution in [-0.4, -0.2) is 70.5 Å². The number of carbonyl (C=O) groups is 2. The summed E-state index contributed by atoms with van der Waals surface area (Å²) >= 11 is 6.57. The molecule has 0 radical (unpaired) electrons. The van der Waals surface area contributed by atoms with Gasteiger partial charge in [-0.05, 0) is 88.8 Å². The number of nitrogens with one attached hydrogen (secondary N) is 3. The number of hydrogen-bond donors (Lipinski definition) is 4. The Kier molecular flexibility index (Phi) is 9.46. The van der Waals surface area contributed by atoms with Crippen molar-refractivity contribution >= 4 is 68.5 Å². The maximum Gasteiger partial charge on any atom is 0.328 e. The van der Waals surface area contributed by atoms with Crippen molar-refractivity contribution in [2.75, 3.05) is 22.6 Å². The van der Waals surface area contributed by atoms with Gasteiger partial charge in [-0.3, -0.25) is 28.7 Å². The minimum atomic E-state index is -0.897. The van der Waals surface area contributed by atoms with Gasteiger partial charge in [0.25, 0.3) is 0 Å². The first-order valence-corrected chi connectivity index (χ1v) is 18.1. The largest absolute Gasteiger partial charge is 0.390 e. The zero-order valence-electron chi connectivity index (χ0n) is 30.1. The van der Waals surface area contributed by atoms with Crippen molar-refractivity contribution in [1.29, 1.82) is 0 Å². The van der Waals surface area contributed by atoms with E-state index in [2.05, 4.69) is 37.0 Å². The van der Waals surface area contributed by atoms with Gasteiger partial charge in [-0.25, -0.2) is 9.78 Å². The maximum atomic E-state index is 13.0. The summed E-state index contributed by atoms with van der Waals surface area (Å²) in [7, 11) is 5.64. The van der Waals surface area contributed by atoms with Gasteiger partial charge in [0.2, 0.25) is 17.8 Å². The lowest BCUT2D eigenvalue weighted by Gasteiger charge is -2.35. The number of amides is 2. The number of halogens is 1. The smallest absolute Gasteiger partial charge is 0.328 e. The Morgan fingerprint density at radius 2 is 1.73 bits per heavy atom. The molecular formula is C37H45ClN10O4. The number of hydrogen-bond acceptors (Lipinski definition) is 10. The molecule has 3 aromatic heterocycles. The molecule has 0 spiro atoms. The fraction of sp³-hybridized carbons (Fsp3) is 0.459. The number of carbonyl (C=O) groups excluding carboxylic acids is 2. The number of benzene rings is 2. The average Bonchev–Trinajstić information content (AvgIpc) is 3.55. The van der Waals surface area contributed by atoms with Gasteiger partial charge < -0.3 is 20.6 Å². The van der Waals surface area contributed by atoms with Crippen LogP contribution in [-0.2, 0) is 30.2 Å². The summed E-state index contributed by atoms with van der Waals surface area (Å²) in [5, 5.41) is 25.7. The van der Waals surface area contributed by atoms with Crippen molar-refractivity contribution in [2.45, 2.75) is 88.9 Å². The van der Waals surface area contributed by atoms with Crippen LogP contribution in [0.4, 0.5) is 23.1 Å². The standard InChI is InChI=1S/C37H45ClN10O4/c1-37(2,52)16-17-48-30-19-23(9-14-28(30)46(4)36(48)51)41-33-27(38)20-39-35(43-33)45(3)24-10-6-21(7-11-24)40-22-8-12-25-29(18-22)47(5)44-32(25)26-13-15-31(49)42-34(26)50/h8-9,12,14,18-21,24,26,40,52H,6-7,10-11,13,15-17H2,1-5H3,(H,39,41,43)(H,42,49,50). The number of rotatable bonds is 10. The molecule has 2 aromatic carbocycles. The Bertz CT molecular complexity index is 2230. The number of fused-ring (bicyclic) bond motifs is 2. The Morgan fingerprint density at radius 3 is 2.46 bits per heavy atom. The van der Waals surface area contributed by atoms with Crippen molar-refractivity contribution in [2.24, 2.45) is 14.1 Å². The SMILES string of the molecule is CN(c1ncc(Cl)c(Nc2ccc3c(c2)n(CCC(C)(C)O)c(=O)n3C)n1)C1CCC(Nc2ccc3c(C4CCC(=O)NC4=O)nn(C)c3c2)CC1. The lowest BCUT2D eigenvalue weighted by Crippen LogP contribution is -2.39. The van der Waals surface area contributed by atoms with Crippen LogP contribution >= 0.6 is 11.6 Å². The molecule has 1 saturated carbocycles. The summed E-state index contributed by atoms with van der Waals surface area (Å²) in [6.45, 7) is 3.86. The molecule has 5 aromatic rings. The van der Waals surface area contributed by atoms with Gasteiger partial charge in [-0.1, -0.05) is 11.6 Å². The van der Waals surface area contributed by atoms with Gasteiger partial charge >= 0.3 is 5.69 Å². The monoisotopic (exact) mass is 728 g/mol. The fourth-order valence-corrected chi connectivity index (χ4v) is 7.57. The lowest BCUT2D eigenvalue weighted by atomic mass is 9.90. The summed E-state index contributed by atoms with van der Waals surface area (Å²) in [6.07, 6.45) is 6.65. The van der Waals surface area contributed by atoms with E-state index in [4.69, 9.17) is 16.6 Å². The molecule has 1 unspecified atom stereocenters. The van der Waals surface area contributed by atoms with Gasteiger partial charge in [0.05, 0.1) is 40.0 Å². The molecule has 2 amide bonds. The number of aromatic nitrogens is 6. The van der Waals surface area contributed by atoms with Gasteiger partial charge in [0.15, 0.2) is 5.82 Å². The van der Waals surface area contributed by atoms with Gasteiger partial charge in [0, 0.05) is 63.0 Å². The quantitative estimate of drug-likeness (QED) is 0.145. The number of piperidine rings is 1. The van der Waals surface area contributed by atoms with E-state index < -0.39 is 11.5 Å². The number of aryl methyl sites for hydroxylation is 3. The van der Waals surface area contributed by atoms with Crippen LogP contribution in [0, 0.1) is 0 Å². The third kappa shape index (κ3) is 7.09. The highest BCUT2D eigenvalue weighted by Gasteiger charge is 2.32. The summed E-state index contributed by atoms with van der Waals surface area (Å²) in [5.74, 6) is 0.0948. The van der Waals surface area contributed by atoms with E-state index in [0.717, 1.165) is 59.0 Å². The van der Waals surface area contributed by atoms with Crippen LogP contribution in [0.5, 0.6) is 0 Å². The molecule has 4 heterocycles. The van der Waals surface area contributed by atoms with Crippen molar-refractivity contribution in [1.82, 2.24) is 34.2 Å². The average molecular weight is 729 g/mol. The molecule has 1 aliphatic carbocycles. The molecule has 15 heteroatoms. The first-order valence-electron chi connectivity index (χ1n) is 17.8. The van der Waals surface area contributed by atoms with Crippen LogP contribution in [0.15, 0.2) is 47.4 Å². The molecule has 7 rings (SSSR count). The summed E-state index contributed by atoms with van der Waals surface area (Å²) < 4.78 is 5.10. The number of anilines is 4. The lowest BCUT2D eigenvalue weighted by molar-refractivity contribution is -0.134. The Hall–Kier alpha value is -4.95. The van der Waals surface area contributed by atoms with E-state index >= 15 is 0 Å². The predicted octanol–water partition coefficient (Wildman–Crippen LogP) is 4.95. The zero-order chi connectivity index (χ0) is 36.9. The number of imidazole rings is 1. The van der Waals surface area contributed by atoms with Crippen molar-refractivity contribution in [3.63, 3.8) is 0 Å². The highest BCUT2D eigenvalue weighted by molar-refractivity contribution is 6.33. The molecule has 4 N–H and O–H groups in total. The number of aliphatic hydroxyl groups is 1. The fourth-order valence-electron chi connectivity index (χ4n) is 7.44. The van der Waals surface area contributed by atoms with Gasteiger partial charge in [0.1, 0.15) is 5.02 Å². The first kappa shape index (κ1) is 35.5. The van der Waals surface area contributed by atoms with Crippen LogP contribution < -0.4 is 26.5 Å². The molecule has 1 saturated heterocycles. The third-order valence-electron chi connectivity index (χ3n) is 10.5. The molecule has 274 valence electrons. The third-order valence-corrected chi connectivity index (χ3v) is 10.7. The van der Waals surface area contributed by atoms with E-state index in [-0.39, 0.29) is 23.5 Å². The summed E-state index contributed by atoms with van der Waals surface area (Å²) in [6, 6.07) is 12.4. The Morgan fingerprint density at radius 1 is 1.00 bits per heavy atom. The van der Waals surface area contributed by atoms with E-state index in [1.165, 1.54) is 0 Å². The minimum absolute atomic E-state index is 0.139. The molecule has 1 aliphatic heterocycles. The first-order chi connectivity index (χ1) is 24.8. The van der Waals surface area contributed by atoms with Crippen LogP contribution in [0.1, 0.15) is 70.4 Å². The zero-order valence-corrected chi connectivity index (χ0v) is 30.9. The topological polar surface area (TPSA) is 164 Å². The van der Waals surface area contributed by atoms with Crippen LogP contribution in [0.2, 0.25) is 5.02 Å². The maximum absolute atomic E-state index is 13.0. The normalized spacial score (nSPS) is 19.6. The number of imide groups is 1. The number of nitrogens with zero attached hydrogens (tertiary/aromatic N) is 7. The van der Waals surface area contributed by atoms with Crippen molar-refractivity contribution in [3.05, 3.63) is 63.8 Å². The van der Waals surface area contributed by atoms with Crippen LogP contribution in [0.25, 0.3) is 21.9 Å². The second-order valence-electron chi connectivity index (χ2n) is 14.8. The van der Waals surface area contributed by atoms with E-state index in [0.29, 0.717) is 54.3 Å². The Labute approximate surface area is 306 Å². The predicted molar refractivity (Wildman–Crippen MR) is 202 cm³/mol. The summed E-state index contributed by atoms with van der Waals surface area (Å²) in [5.41, 5.74) is 3.89. The van der Waals surface area contributed by atoms with Crippen molar-refractivity contribution in [3.8, 4) is 0 Å². The van der Waals surface area contributed by atoms with E-state index in [1.54, 1.807) is 40.9 Å². The van der Waals surface area contributed by atoms with Crippen LogP contribution in [0.3, 0.4) is 0 Å². The molecular weight excluding hydrogens is 684 g/mol. The summed E-state index contributed by atoms with van der Waals surface area (Å²) in [4.78, 5) is 48.7. The molecule has 14 nitrogen and oxygen atoms in total. The highest BCUT2D eigenvalue weighted by Crippen LogP contribution is 2.34. The molecule has 1 atom stereocenters. The highest BCUT2D eigenvalue weighted by atomic mass is 35.5. The van der Waals surface area contributed by atoms with Gasteiger partial charge in [-0.2, -0.15) is 10.1 Å². The molecule has 2 fully saturated rings. The Balaban J connectivity index is 1.000. The van der Waals surface area contributed by atoms with E-state index in [1.807, 2.05) is 44.4 Å². The minimum Gasteiger partial charge on any atom is -0.390 e. The second kappa shape index (κ2) is 13.9. The molecule has 2 aliphatic rings. The van der Waals surface area contributed by atoms with Gasteiger partial charge in [-0.15, -0.1) is 0 Å². The molecule has 0 bridgehead atoms. The molecule has 52 heavy (non-hydrogen) atoms. The van der Waals surface area contributed by atoms with Crippen molar-refractivity contribution < 1.29 is 14.7 Å². The van der Waals surface area contributed by atoms with E-state index in [9.17, 15) is 19.5 Å². The second-order valence-corrected chi connectivity index (χ2v) is 15.2.